The maximum Gasteiger partial charge on any atom is 0.231 e. The number of rotatable bonds is 7. The summed E-state index contributed by atoms with van der Waals surface area (Å²) >= 11 is 0. The number of fused-ring (bicyclic) bond motifs is 2. The summed E-state index contributed by atoms with van der Waals surface area (Å²) in [6, 6.07) is 11.6. The van der Waals surface area contributed by atoms with Crippen molar-refractivity contribution in [3.8, 4) is 28.7 Å². The Hall–Kier alpha value is -2.68. The maximum atomic E-state index is 10.4. The fraction of sp³-hybridized carbons (Fsp3) is 0.455. The Kier molecular flexibility index (Phi) is 5.52. The topological polar surface area (TPSA) is 72.9 Å². The molecule has 2 aromatic rings. The predicted molar refractivity (Wildman–Crippen MR) is 108 cm³/mol. The Morgan fingerprint density at radius 3 is 2.20 bits per heavy atom. The number of hydrogen-bond donors (Lipinski definition) is 1. The van der Waals surface area contributed by atoms with Crippen LogP contribution >= 0.6 is 0 Å². The molecule has 1 saturated heterocycles. The zero-order valence-corrected chi connectivity index (χ0v) is 16.8. The number of piperazine rings is 1. The second kappa shape index (κ2) is 8.59. The maximum absolute atomic E-state index is 10.4. The van der Waals surface area contributed by atoms with E-state index in [1.165, 1.54) is 5.56 Å². The van der Waals surface area contributed by atoms with Crippen LogP contribution in [0.1, 0.15) is 5.56 Å². The van der Waals surface area contributed by atoms with Crippen molar-refractivity contribution in [2.24, 2.45) is 0 Å². The van der Waals surface area contributed by atoms with Gasteiger partial charge in [0.15, 0.2) is 23.0 Å². The zero-order chi connectivity index (χ0) is 20.3. The number of aliphatic hydroxyl groups is 1. The van der Waals surface area contributed by atoms with Gasteiger partial charge >= 0.3 is 0 Å². The standard InChI is InChI=1S/C22H26N2O6/c25-17(13-26-18-2-4-20-22(10-18)30-15-28-20)12-24-7-5-23(6-8-24)11-16-1-3-19-21(9-16)29-14-27-19/h1-4,9-10,17,25H,5-8,11-15H2/t17-/m0/s1. The average Bonchev–Trinajstić information content (AvgIpc) is 3.42. The lowest BCUT2D eigenvalue weighted by molar-refractivity contribution is 0.0446. The number of ether oxygens (including phenoxy) is 5. The molecule has 3 heterocycles. The monoisotopic (exact) mass is 414 g/mol. The molecule has 0 unspecified atom stereocenters. The summed E-state index contributed by atoms with van der Waals surface area (Å²) in [6.07, 6.45) is -0.546. The third-order valence-electron chi connectivity index (χ3n) is 5.56. The highest BCUT2D eigenvalue weighted by Gasteiger charge is 2.21. The molecule has 1 atom stereocenters. The van der Waals surface area contributed by atoms with Gasteiger partial charge in [0.1, 0.15) is 18.5 Å². The number of β-amino-alcohol motifs (C(OH)–C–C–N with tert-alkyl or cyclic N) is 1. The molecule has 2 aromatic carbocycles. The van der Waals surface area contributed by atoms with E-state index in [1.807, 2.05) is 18.2 Å². The molecule has 160 valence electrons. The molecule has 0 bridgehead atoms. The molecule has 5 rings (SSSR count). The fourth-order valence-corrected chi connectivity index (χ4v) is 3.94. The van der Waals surface area contributed by atoms with Gasteiger partial charge in [-0.25, -0.2) is 0 Å². The van der Waals surface area contributed by atoms with Crippen LogP contribution in [-0.4, -0.2) is 73.9 Å². The van der Waals surface area contributed by atoms with Crippen molar-refractivity contribution in [2.75, 3.05) is 52.9 Å². The third-order valence-corrected chi connectivity index (χ3v) is 5.56. The van der Waals surface area contributed by atoms with E-state index in [9.17, 15) is 5.11 Å². The van der Waals surface area contributed by atoms with Gasteiger partial charge in [-0.05, 0) is 29.8 Å². The molecule has 3 aliphatic heterocycles. The molecule has 30 heavy (non-hydrogen) atoms. The van der Waals surface area contributed by atoms with E-state index in [4.69, 9.17) is 23.7 Å². The lowest BCUT2D eigenvalue weighted by Crippen LogP contribution is -2.48. The molecule has 0 spiro atoms. The van der Waals surface area contributed by atoms with E-state index in [2.05, 4.69) is 21.9 Å². The van der Waals surface area contributed by atoms with Gasteiger partial charge in [-0.3, -0.25) is 9.80 Å². The number of hydrogen-bond acceptors (Lipinski definition) is 8. The first kappa shape index (κ1) is 19.3. The van der Waals surface area contributed by atoms with E-state index >= 15 is 0 Å². The van der Waals surface area contributed by atoms with Crippen LogP contribution in [0.5, 0.6) is 28.7 Å². The van der Waals surface area contributed by atoms with E-state index in [-0.39, 0.29) is 13.4 Å². The lowest BCUT2D eigenvalue weighted by Gasteiger charge is -2.35. The Morgan fingerprint density at radius 1 is 0.800 bits per heavy atom. The van der Waals surface area contributed by atoms with E-state index < -0.39 is 6.10 Å². The number of benzene rings is 2. The molecule has 8 heteroatoms. The summed E-state index contributed by atoms with van der Waals surface area (Å²) in [4.78, 5) is 4.70. The van der Waals surface area contributed by atoms with Gasteiger partial charge in [0, 0.05) is 45.3 Å². The van der Waals surface area contributed by atoms with Crippen molar-refractivity contribution in [3.63, 3.8) is 0 Å². The Labute approximate surface area is 175 Å². The largest absolute Gasteiger partial charge is 0.491 e. The molecular weight excluding hydrogens is 388 g/mol. The normalized spacial score (nSPS) is 19.1. The predicted octanol–water partition coefficient (Wildman–Crippen LogP) is 1.70. The zero-order valence-electron chi connectivity index (χ0n) is 16.8. The van der Waals surface area contributed by atoms with Crippen LogP contribution in [0.25, 0.3) is 0 Å². The SMILES string of the molecule is O[C@H](COc1ccc2c(c1)OCO2)CN1CCN(Cc2ccc3c(c2)OCO3)CC1. The Balaban J connectivity index is 1.04. The van der Waals surface area contributed by atoms with Gasteiger partial charge in [-0.2, -0.15) is 0 Å². The molecule has 8 nitrogen and oxygen atoms in total. The molecule has 0 saturated carbocycles. The molecule has 1 N–H and O–H groups in total. The highest BCUT2D eigenvalue weighted by atomic mass is 16.7. The highest BCUT2D eigenvalue weighted by Crippen LogP contribution is 2.35. The molecule has 0 aliphatic carbocycles. The summed E-state index contributed by atoms with van der Waals surface area (Å²) in [5.41, 5.74) is 1.23. The first-order chi connectivity index (χ1) is 14.7. The van der Waals surface area contributed by atoms with Crippen LogP contribution in [0.3, 0.4) is 0 Å². The minimum absolute atomic E-state index is 0.238. The molecule has 3 aliphatic rings. The van der Waals surface area contributed by atoms with Crippen molar-refractivity contribution in [2.45, 2.75) is 12.6 Å². The quantitative estimate of drug-likeness (QED) is 0.734. The van der Waals surface area contributed by atoms with Crippen LogP contribution in [0.15, 0.2) is 36.4 Å². The Morgan fingerprint density at radius 2 is 1.43 bits per heavy atom. The third kappa shape index (κ3) is 4.40. The van der Waals surface area contributed by atoms with Crippen LogP contribution in [0.2, 0.25) is 0 Å². The van der Waals surface area contributed by atoms with Crippen molar-refractivity contribution in [3.05, 3.63) is 42.0 Å². The van der Waals surface area contributed by atoms with E-state index in [0.29, 0.717) is 24.8 Å². The van der Waals surface area contributed by atoms with Crippen molar-refractivity contribution in [1.82, 2.24) is 9.80 Å². The summed E-state index contributed by atoms with van der Waals surface area (Å²) < 4.78 is 27.2. The molecule has 0 aromatic heterocycles. The molecule has 1 fully saturated rings. The summed E-state index contributed by atoms with van der Waals surface area (Å²) in [6.45, 7) is 6.05. The number of nitrogens with zero attached hydrogens (tertiary/aromatic N) is 2. The van der Waals surface area contributed by atoms with Gasteiger partial charge in [0.05, 0.1) is 0 Å². The summed E-state index contributed by atoms with van der Waals surface area (Å²) in [5.74, 6) is 3.73. The van der Waals surface area contributed by atoms with Gasteiger partial charge in [0.2, 0.25) is 13.6 Å². The second-order valence-electron chi connectivity index (χ2n) is 7.74. The second-order valence-corrected chi connectivity index (χ2v) is 7.74. The molecular formula is C22H26N2O6. The van der Waals surface area contributed by atoms with E-state index in [0.717, 1.165) is 50.0 Å². The average molecular weight is 414 g/mol. The molecule has 0 radical (unpaired) electrons. The van der Waals surface area contributed by atoms with Gasteiger partial charge < -0.3 is 28.8 Å². The minimum atomic E-state index is -0.546. The summed E-state index contributed by atoms with van der Waals surface area (Å²) in [7, 11) is 0. The lowest BCUT2D eigenvalue weighted by atomic mass is 10.1. The first-order valence-electron chi connectivity index (χ1n) is 10.3. The van der Waals surface area contributed by atoms with Crippen LogP contribution in [-0.2, 0) is 6.54 Å². The van der Waals surface area contributed by atoms with Gasteiger partial charge in [-0.15, -0.1) is 0 Å². The fourth-order valence-electron chi connectivity index (χ4n) is 3.94. The van der Waals surface area contributed by atoms with Crippen LogP contribution in [0.4, 0.5) is 0 Å². The summed E-state index contributed by atoms with van der Waals surface area (Å²) in [5, 5.41) is 10.4. The Bertz CT molecular complexity index is 884. The minimum Gasteiger partial charge on any atom is -0.491 e. The van der Waals surface area contributed by atoms with Crippen LogP contribution in [0, 0.1) is 0 Å². The first-order valence-corrected chi connectivity index (χ1v) is 10.3. The smallest absolute Gasteiger partial charge is 0.231 e. The molecule has 0 amide bonds. The van der Waals surface area contributed by atoms with E-state index in [1.54, 1.807) is 6.07 Å². The van der Waals surface area contributed by atoms with Gasteiger partial charge in [0.25, 0.3) is 0 Å². The van der Waals surface area contributed by atoms with Crippen LogP contribution < -0.4 is 23.7 Å². The van der Waals surface area contributed by atoms with Gasteiger partial charge in [-0.1, -0.05) is 6.07 Å². The van der Waals surface area contributed by atoms with Crippen molar-refractivity contribution in [1.29, 1.82) is 0 Å². The highest BCUT2D eigenvalue weighted by molar-refractivity contribution is 5.47. The van der Waals surface area contributed by atoms with Crippen molar-refractivity contribution >= 4 is 0 Å². The number of aliphatic hydroxyl groups excluding tert-OH is 1. The van der Waals surface area contributed by atoms with Crippen molar-refractivity contribution < 1.29 is 28.8 Å².